The van der Waals surface area contributed by atoms with E-state index < -0.39 is 5.97 Å². The highest BCUT2D eigenvalue weighted by Crippen LogP contribution is 2.33. The standard InChI is InChI=1S/C17H30N2O4/c1-17(2,3)14-13(5-4-10-23-14)11-18-16(22)19-8-6-12(7-9-19)15(20)21/h12-14H,4-11H2,1-3H3,(H,18,22)(H,20,21). The second-order valence-corrected chi connectivity index (χ2v) is 7.85. The van der Waals surface area contributed by atoms with Crippen molar-refractivity contribution >= 4 is 12.0 Å². The Kier molecular flexibility index (Phi) is 5.89. The Balaban J connectivity index is 1.80. The monoisotopic (exact) mass is 326 g/mol. The van der Waals surface area contributed by atoms with Crippen LogP contribution in [0.25, 0.3) is 0 Å². The van der Waals surface area contributed by atoms with E-state index in [1.165, 1.54) is 0 Å². The molecule has 2 saturated heterocycles. The van der Waals surface area contributed by atoms with Crippen LogP contribution in [0.2, 0.25) is 0 Å². The lowest BCUT2D eigenvalue weighted by molar-refractivity contribution is -0.143. The summed E-state index contributed by atoms with van der Waals surface area (Å²) in [6, 6.07) is -0.0768. The number of hydrogen-bond acceptors (Lipinski definition) is 3. The largest absolute Gasteiger partial charge is 0.481 e. The molecule has 0 aromatic carbocycles. The van der Waals surface area contributed by atoms with Crippen molar-refractivity contribution in [3.8, 4) is 0 Å². The molecule has 2 unspecified atom stereocenters. The van der Waals surface area contributed by atoms with Gasteiger partial charge in [-0.25, -0.2) is 4.79 Å². The second-order valence-electron chi connectivity index (χ2n) is 7.85. The molecular formula is C17H30N2O4. The molecule has 6 nitrogen and oxygen atoms in total. The molecule has 2 atom stereocenters. The van der Waals surface area contributed by atoms with Gasteiger partial charge in [-0.3, -0.25) is 4.79 Å². The number of carbonyl (C=O) groups excluding carboxylic acids is 1. The summed E-state index contributed by atoms with van der Waals surface area (Å²) in [7, 11) is 0. The molecule has 0 saturated carbocycles. The zero-order valence-electron chi connectivity index (χ0n) is 14.5. The van der Waals surface area contributed by atoms with Crippen molar-refractivity contribution in [1.29, 1.82) is 0 Å². The highest BCUT2D eigenvalue weighted by atomic mass is 16.5. The van der Waals surface area contributed by atoms with Crippen LogP contribution in [0.15, 0.2) is 0 Å². The average Bonchev–Trinajstić information content (AvgIpc) is 2.52. The molecule has 0 aliphatic carbocycles. The average molecular weight is 326 g/mol. The van der Waals surface area contributed by atoms with Crippen molar-refractivity contribution in [2.45, 2.75) is 52.6 Å². The van der Waals surface area contributed by atoms with Crippen molar-refractivity contribution in [1.82, 2.24) is 10.2 Å². The molecule has 2 fully saturated rings. The van der Waals surface area contributed by atoms with Crippen molar-refractivity contribution in [3.05, 3.63) is 0 Å². The normalized spacial score (nSPS) is 26.8. The lowest BCUT2D eigenvalue weighted by Gasteiger charge is -2.40. The summed E-state index contributed by atoms with van der Waals surface area (Å²) < 4.78 is 5.94. The number of carboxylic acids is 1. The van der Waals surface area contributed by atoms with Gasteiger partial charge in [-0.15, -0.1) is 0 Å². The minimum absolute atomic E-state index is 0.0651. The molecule has 2 heterocycles. The fourth-order valence-corrected chi connectivity index (χ4v) is 3.67. The van der Waals surface area contributed by atoms with E-state index in [9.17, 15) is 9.59 Å². The molecule has 0 aromatic rings. The van der Waals surface area contributed by atoms with E-state index in [4.69, 9.17) is 9.84 Å². The third-order valence-electron chi connectivity index (χ3n) is 4.95. The molecule has 23 heavy (non-hydrogen) atoms. The van der Waals surface area contributed by atoms with Crippen LogP contribution >= 0.6 is 0 Å². The Morgan fingerprint density at radius 1 is 1.22 bits per heavy atom. The number of hydrogen-bond donors (Lipinski definition) is 2. The number of piperidine rings is 1. The Morgan fingerprint density at radius 3 is 2.43 bits per heavy atom. The molecule has 6 heteroatoms. The Bertz CT molecular complexity index is 425. The molecule has 2 amide bonds. The summed E-state index contributed by atoms with van der Waals surface area (Å²) in [4.78, 5) is 25.0. The van der Waals surface area contributed by atoms with Crippen LogP contribution in [-0.4, -0.2) is 54.4 Å². The zero-order chi connectivity index (χ0) is 17.0. The van der Waals surface area contributed by atoms with E-state index in [1.807, 2.05) is 0 Å². The zero-order valence-corrected chi connectivity index (χ0v) is 14.5. The van der Waals surface area contributed by atoms with Gasteiger partial charge < -0.3 is 20.1 Å². The first kappa shape index (κ1) is 18.0. The van der Waals surface area contributed by atoms with E-state index in [0.717, 1.165) is 19.4 Å². The predicted molar refractivity (Wildman–Crippen MR) is 87.3 cm³/mol. The van der Waals surface area contributed by atoms with Crippen molar-refractivity contribution in [3.63, 3.8) is 0 Å². The SMILES string of the molecule is CC(C)(C)C1OCCCC1CNC(=O)N1CCC(C(=O)O)CC1. The number of aliphatic carboxylic acids is 1. The van der Waals surface area contributed by atoms with E-state index in [-0.39, 0.29) is 23.5 Å². The Hall–Kier alpha value is -1.30. The van der Waals surface area contributed by atoms with E-state index in [1.54, 1.807) is 4.90 Å². The maximum absolute atomic E-state index is 12.3. The molecule has 0 spiro atoms. The molecular weight excluding hydrogens is 296 g/mol. The van der Waals surface area contributed by atoms with Gasteiger partial charge in [-0.05, 0) is 31.1 Å². The summed E-state index contributed by atoms with van der Waals surface area (Å²) in [5, 5.41) is 12.0. The predicted octanol–water partition coefficient (Wildman–Crippen LogP) is 2.33. The first-order valence-electron chi connectivity index (χ1n) is 8.66. The van der Waals surface area contributed by atoms with Gasteiger partial charge in [-0.1, -0.05) is 20.8 Å². The summed E-state index contributed by atoms with van der Waals surface area (Å²) in [5.74, 6) is -0.724. The van der Waals surface area contributed by atoms with Crippen molar-refractivity contribution in [2.75, 3.05) is 26.2 Å². The van der Waals surface area contributed by atoms with Crippen LogP contribution < -0.4 is 5.32 Å². The van der Waals surface area contributed by atoms with Crippen LogP contribution in [0.1, 0.15) is 46.5 Å². The second kappa shape index (κ2) is 7.51. The van der Waals surface area contributed by atoms with Gasteiger partial charge in [0.2, 0.25) is 0 Å². The van der Waals surface area contributed by atoms with Gasteiger partial charge >= 0.3 is 12.0 Å². The molecule has 2 aliphatic rings. The maximum atomic E-state index is 12.3. The van der Waals surface area contributed by atoms with Gasteiger partial charge in [0, 0.05) is 32.2 Å². The summed E-state index contributed by atoms with van der Waals surface area (Å²) in [5.41, 5.74) is 0.0651. The summed E-state index contributed by atoms with van der Waals surface area (Å²) in [6.45, 7) is 8.99. The third kappa shape index (κ3) is 4.83. The van der Waals surface area contributed by atoms with E-state index >= 15 is 0 Å². The number of nitrogens with one attached hydrogen (secondary N) is 1. The molecule has 0 bridgehead atoms. The number of carboxylic acid groups (broad SMARTS) is 1. The summed E-state index contributed by atoms with van der Waals surface area (Å²) >= 11 is 0. The van der Waals surface area contributed by atoms with Crippen molar-refractivity contribution in [2.24, 2.45) is 17.3 Å². The number of amides is 2. The maximum Gasteiger partial charge on any atom is 0.317 e. The van der Waals surface area contributed by atoms with Gasteiger partial charge in [0.05, 0.1) is 12.0 Å². The topological polar surface area (TPSA) is 78.9 Å². The quantitative estimate of drug-likeness (QED) is 0.834. The van der Waals surface area contributed by atoms with E-state index in [2.05, 4.69) is 26.1 Å². The minimum atomic E-state index is -0.752. The molecule has 0 aromatic heterocycles. The van der Waals surface area contributed by atoms with Gasteiger partial charge in [0.15, 0.2) is 0 Å². The third-order valence-corrected chi connectivity index (χ3v) is 4.95. The Labute approximate surface area is 138 Å². The molecule has 2 rings (SSSR count). The fraction of sp³-hybridized carbons (Fsp3) is 0.882. The number of rotatable bonds is 3. The Morgan fingerprint density at radius 2 is 1.87 bits per heavy atom. The molecule has 0 radical (unpaired) electrons. The number of urea groups is 1. The molecule has 132 valence electrons. The van der Waals surface area contributed by atoms with Crippen LogP contribution in [0.4, 0.5) is 4.79 Å². The lowest BCUT2D eigenvalue weighted by atomic mass is 9.78. The van der Waals surface area contributed by atoms with Gasteiger partial charge in [-0.2, -0.15) is 0 Å². The fourth-order valence-electron chi connectivity index (χ4n) is 3.67. The van der Waals surface area contributed by atoms with Crippen molar-refractivity contribution < 1.29 is 19.4 Å². The highest BCUT2D eigenvalue weighted by Gasteiger charge is 2.36. The highest BCUT2D eigenvalue weighted by molar-refractivity contribution is 5.75. The number of likely N-dealkylation sites (tertiary alicyclic amines) is 1. The summed E-state index contributed by atoms with van der Waals surface area (Å²) in [6.07, 6.45) is 3.36. The number of nitrogens with zero attached hydrogens (tertiary/aromatic N) is 1. The smallest absolute Gasteiger partial charge is 0.317 e. The molecule has 2 N–H and O–H groups in total. The van der Waals surface area contributed by atoms with E-state index in [0.29, 0.717) is 38.4 Å². The minimum Gasteiger partial charge on any atom is -0.481 e. The molecule has 2 aliphatic heterocycles. The first-order valence-corrected chi connectivity index (χ1v) is 8.66. The van der Waals surface area contributed by atoms with Crippen LogP contribution in [0.5, 0.6) is 0 Å². The lowest BCUT2D eigenvalue weighted by Crippen LogP contribution is -2.49. The van der Waals surface area contributed by atoms with Crippen LogP contribution in [-0.2, 0) is 9.53 Å². The van der Waals surface area contributed by atoms with Gasteiger partial charge in [0.25, 0.3) is 0 Å². The van der Waals surface area contributed by atoms with Crippen LogP contribution in [0.3, 0.4) is 0 Å². The van der Waals surface area contributed by atoms with Gasteiger partial charge in [0.1, 0.15) is 0 Å². The number of carbonyl (C=O) groups is 2. The first-order chi connectivity index (χ1) is 10.8. The van der Waals surface area contributed by atoms with Crippen LogP contribution in [0, 0.1) is 17.3 Å². The number of ether oxygens (including phenoxy) is 1.